The predicted octanol–water partition coefficient (Wildman–Crippen LogP) is 5.57. The van der Waals surface area contributed by atoms with E-state index in [1.54, 1.807) is 18.2 Å². The lowest BCUT2D eigenvalue weighted by molar-refractivity contribution is -0.116. The van der Waals surface area contributed by atoms with Crippen LogP contribution in [0.25, 0.3) is 11.3 Å². The summed E-state index contributed by atoms with van der Waals surface area (Å²) in [6, 6.07) is 14.5. The Morgan fingerprint density at radius 1 is 1.15 bits per heavy atom. The molecule has 0 unspecified atom stereocenters. The zero-order chi connectivity index (χ0) is 24.2. The van der Waals surface area contributed by atoms with Gasteiger partial charge in [-0.3, -0.25) is 4.79 Å². The molecule has 1 aliphatic rings. The standard InChI is InChI=1S/C27H32N4O3/c1-17(2)12-26(33)29-21-10-11-25(32)22(14-21)23-15-24(20-8-5-9-20)31(30-23)27(34)28-16-19-7-4-6-18(3)13-19/h4,6-7,10-11,13-15,17,20,32H,5,8-9,12,16H2,1-3H3,(H,28,34)(H,29,33). The Kier molecular flexibility index (Phi) is 7.01. The molecule has 34 heavy (non-hydrogen) atoms. The van der Waals surface area contributed by atoms with E-state index in [1.807, 2.05) is 51.1 Å². The molecule has 3 N–H and O–H groups in total. The summed E-state index contributed by atoms with van der Waals surface area (Å²) in [7, 11) is 0. The number of carbonyl (C=O) groups excluding carboxylic acids is 2. The molecule has 7 heteroatoms. The van der Waals surface area contributed by atoms with E-state index in [2.05, 4.69) is 15.7 Å². The number of hydrogen-bond donors (Lipinski definition) is 3. The van der Waals surface area contributed by atoms with Crippen LogP contribution < -0.4 is 10.6 Å². The summed E-state index contributed by atoms with van der Waals surface area (Å²) < 4.78 is 1.43. The second-order valence-corrected chi connectivity index (χ2v) is 9.52. The minimum Gasteiger partial charge on any atom is -0.507 e. The number of benzene rings is 2. The molecule has 2 aromatic carbocycles. The van der Waals surface area contributed by atoms with E-state index >= 15 is 0 Å². The molecule has 1 aliphatic carbocycles. The molecule has 178 valence electrons. The molecule has 1 aromatic heterocycles. The van der Waals surface area contributed by atoms with Gasteiger partial charge in [0.25, 0.3) is 0 Å². The highest BCUT2D eigenvalue weighted by atomic mass is 16.3. The minimum absolute atomic E-state index is 0.0480. The SMILES string of the molecule is Cc1cccc(CNC(=O)n2nc(-c3cc(NC(=O)CC(C)C)ccc3O)cc2C2CCC2)c1. The lowest BCUT2D eigenvalue weighted by atomic mass is 9.82. The molecular weight excluding hydrogens is 428 g/mol. The van der Waals surface area contributed by atoms with Crippen molar-refractivity contribution in [3.8, 4) is 17.0 Å². The number of carbonyl (C=O) groups is 2. The van der Waals surface area contributed by atoms with Crippen LogP contribution in [0.4, 0.5) is 10.5 Å². The van der Waals surface area contributed by atoms with Gasteiger partial charge in [-0.2, -0.15) is 9.78 Å². The van der Waals surface area contributed by atoms with E-state index in [0.717, 1.165) is 36.1 Å². The Hall–Kier alpha value is -3.61. The van der Waals surface area contributed by atoms with E-state index in [0.29, 0.717) is 29.9 Å². The highest BCUT2D eigenvalue weighted by molar-refractivity contribution is 5.92. The van der Waals surface area contributed by atoms with E-state index in [4.69, 9.17) is 0 Å². The van der Waals surface area contributed by atoms with Crippen molar-refractivity contribution >= 4 is 17.6 Å². The van der Waals surface area contributed by atoms with E-state index in [1.165, 1.54) is 4.68 Å². The van der Waals surface area contributed by atoms with E-state index in [9.17, 15) is 14.7 Å². The Morgan fingerprint density at radius 2 is 1.94 bits per heavy atom. The number of phenols is 1. The number of rotatable bonds is 7. The molecule has 4 rings (SSSR count). The molecule has 0 bridgehead atoms. The number of amides is 2. The van der Waals surface area contributed by atoms with Crippen LogP contribution in [0.5, 0.6) is 5.75 Å². The third kappa shape index (κ3) is 5.47. The first-order valence-corrected chi connectivity index (χ1v) is 11.9. The molecule has 3 aromatic rings. The molecule has 0 aliphatic heterocycles. The van der Waals surface area contributed by atoms with E-state index in [-0.39, 0.29) is 29.5 Å². The maximum absolute atomic E-state index is 13.1. The van der Waals surface area contributed by atoms with Crippen molar-refractivity contribution in [2.45, 2.75) is 58.9 Å². The second-order valence-electron chi connectivity index (χ2n) is 9.52. The summed E-state index contributed by atoms with van der Waals surface area (Å²) in [5.74, 6) is 0.479. The highest BCUT2D eigenvalue weighted by Crippen LogP contribution is 2.39. The van der Waals surface area contributed by atoms with Gasteiger partial charge in [0.1, 0.15) is 5.75 Å². The van der Waals surface area contributed by atoms with Gasteiger partial charge in [0.2, 0.25) is 5.91 Å². The third-order valence-electron chi connectivity index (χ3n) is 6.13. The first-order valence-electron chi connectivity index (χ1n) is 11.9. The number of hydrogen-bond acceptors (Lipinski definition) is 4. The molecule has 0 spiro atoms. The van der Waals surface area contributed by atoms with E-state index < -0.39 is 0 Å². The predicted molar refractivity (Wildman–Crippen MR) is 133 cm³/mol. The number of phenolic OH excluding ortho intramolecular Hbond substituents is 1. The maximum atomic E-state index is 13.1. The van der Waals surface area contributed by atoms with Crippen molar-refractivity contribution in [2.24, 2.45) is 5.92 Å². The Bertz CT molecular complexity index is 1190. The van der Waals surface area contributed by atoms with Crippen LogP contribution in [0.15, 0.2) is 48.5 Å². The highest BCUT2D eigenvalue weighted by Gasteiger charge is 2.27. The fourth-order valence-electron chi connectivity index (χ4n) is 4.16. The Balaban J connectivity index is 1.59. The molecule has 0 saturated heterocycles. The van der Waals surface area contributed by atoms with Crippen molar-refractivity contribution in [1.82, 2.24) is 15.1 Å². The van der Waals surface area contributed by atoms with Gasteiger partial charge in [-0.25, -0.2) is 4.79 Å². The normalized spacial score (nSPS) is 13.5. The van der Waals surface area contributed by atoms with Crippen molar-refractivity contribution in [1.29, 1.82) is 0 Å². The van der Waals surface area contributed by atoms with Crippen LogP contribution >= 0.6 is 0 Å². The molecule has 0 atom stereocenters. The zero-order valence-corrected chi connectivity index (χ0v) is 20.0. The largest absolute Gasteiger partial charge is 0.507 e. The molecule has 1 fully saturated rings. The molecule has 1 saturated carbocycles. The van der Waals surface area contributed by atoms with Gasteiger partial charge in [-0.1, -0.05) is 50.1 Å². The monoisotopic (exact) mass is 460 g/mol. The number of aromatic hydroxyl groups is 1. The topological polar surface area (TPSA) is 96.3 Å². The number of anilines is 1. The summed E-state index contributed by atoms with van der Waals surface area (Å²) in [5.41, 5.74) is 4.57. The van der Waals surface area contributed by atoms with Gasteiger partial charge in [0.15, 0.2) is 0 Å². The van der Waals surface area contributed by atoms with Gasteiger partial charge in [0, 0.05) is 30.1 Å². The number of nitrogens with one attached hydrogen (secondary N) is 2. The number of aromatic nitrogens is 2. The first kappa shape index (κ1) is 23.5. The zero-order valence-electron chi connectivity index (χ0n) is 20.0. The second kappa shape index (κ2) is 10.1. The molecular formula is C27H32N4O3. The average molecular weight is 461 g/mol. The Morgan fingerprint density at radius 3 is 2.62 bits per heavy atom. The fourth-order valence-corrected chi connectivity index (χ4v) is 4.16. The number of nitrogens with zero attached hydrogens (tertiary/aromatic N) is 2. The summed E-state index contributed by atoms with van der Waals surface area (Å²) in [4.78, 5) is 25.3. The average Bonchev–Trinajstić information content (AvgIpc) is 3.16. The van der Waals surface area contributed by atoms with Gasteiger partial charge in [-0.15, -0.1) is 0 Å². The van der Waals surface area contributed by atoms with Crippen molar-refractivity contribution in [3.05, 3.63) is 65.4 Å². The van der Waals surface area contributed by atoms with Crippen molar-refractivity contribution < 1.29 is 14.7 Å². The van der Waals surface area contributed by atoms with Crippen molar-refractivity contribution in [2.75, 3.05) is 5.32 Å². The van der Waals surface area contributed by atoms with Crippen molar-refractivity contribution in [3.63, 3.8) is 0 Å². The summed E-state index contributed by atoms with van der Waals surface area (Å²) in [6.07, 6.45) is 3.55. The Labute approximate surface area is 200 Å². The lowest BCUT2D eigenvalue weighted by Crippen LogP contribution is -2.31. The quantitative estimate of drug-likeness (QED) is 0.401. The van der Waals surface area contributed by atoms with Crippen LogP contribution in [-0.2, 0) is 11.3 Å². The first-order chi connectivity index (χ1) is 16.3. The molecule has 7 nitrogen and oxygen atoms in total. The van der Waals surface area contributed by atoms with Crippen LogP contribution in [0.2, 0.25) is 0 Å². The lowest BCUT2D eigenvalue weighted by Gasteiger charge is -2.25. The van der Waals surface area contributed by atoms with Gasteiger partial charge in [-0.05, 0) is 55.5 Å². The maximum Gasteiger partial charge on any atom is 0.342 e. The third-order valence-corrected chi connectivity index (χ3v) is 6.13. The van der Waals surface area contributed by atoms with Gasteiger partial charge in [0.05, 0.1) is 11.4 Å². The molecule has 2 amide bonds. The van der Waals surface area contributed by atoms with Crippen LogP contribution in [0, 0.1) is 12.8 Å². The summed E-state index contributed by atoms with van der Waals surface area (Å²) in [5, 5.41) is 20.9. The van der Waals surface area contributed by atoms with Gasteiger partial charge >= 0.3 is 6.03 Å². The number of aryl methyl sites for hydroxylation is 1. The molecule has 0 radical (unpaired) electrons. The summed E-state index contributed by atoms with van der Waals surface area (Å²) >= 11 is 0. The summed E-state index contributed by atoms with van der Waals surface area (Å²) in [6.45, 7) is 6.40. The minimum atomic E-state index is -0.296. The van der Waals surface area contributed by atoms with Crippen LogP contribution in [-0.4, -0.2) is 26.8 Å². The van der Waals surface area contributed by atoms with Crippen LogP contribution in [0.3, 0.4) is 0 Å². The van der Waals surface area contributed by atoms with Crippen LogP contribution in [0.1, 0.15) is 62.3 Å². The smallest absolute Gasteiger partial charge is 0.342 e. The molecule has 1 heterocycles. The van der Waals surface area contributed by atoms with Gasteiger partial charge < -0.3 is 15.7 Å². The fraction of sp³-hybridized carbons (Fsp3) is 0.370.